The van der Waals surface area contributed by atoms with E-state index in [0.717, 1.165) is 27.8 Å². The molecule has 2 amide bonds. The standard InChI is InChI=1S/C17H14N6O6S3.Na/c18-17-19-8(5-31-17)10(21-29)13(25)20-11-14(26)23-12(16(27)28)6(4-30-15(11)23)1-2-7-3-9(24)22-32-7;/h1-3,5,11,15,29H,4H2,(H2,18,19)(H,20,25)(H,22,24)(H,27,28);/q;+1/p-1/b2-1+,21-10-;/t11-,15-;/m1./s1. The maximum Gasteiger partial charge on any atom is 1.00 e. The van der Waals surface area contributed by atoms with Gasteiger partial charge in [-0.2, -0.15) is 0 Å². The number of nitrogen functional groups attached to an aromatic ring is 1. The van der Waals surface area contributed by atoms with Crippen LogP contribution in [0.4, 0.5) is 5.13 Å². The molecule has 4 rings (SSSR count). The summed E-state index contributed by atoms with van der Waals surface area (Å²) in [5, 5.41) is 36.4. The van der Waals surface area contributed by atoms with Crippen LogP contribution >= 0.6 is 34.6 Å². The van der Waals surface area contributed by atoms with Gasteiger partial charge in [0, 0.05) is 21.9 Å². The third-order valence-corrected chi connectivity index (χ3v) is 7.23. The van der Waals surface area contributed by atoms with E-state index in [0.29, 0.717) is 10.5 Å². The van der Waals surface area contributed by atoms with Crippen LogP contribution in [0.2, 0.25) is 0 Å². The number of carbonyl (C=O) groups is 3. The van der Waals surface area contributed by atoms with Crippen LogP contribution in [0.1, 0.15) is 10.6 Å². The molecule has 33 heavy (non-hydrogen) atoms. The summed E-state index contributed by atoms with van der Waals surface area (Å²) in [5.41, 5.74) is 5.35. The molecule has 0 spiro atoms. The number of thioether (sulfide) groups is 1. The summed E-state index contributed by atoms with van der Waals surface area (Å²) in [6.45, 7) is 0. The Morgan fingerprint density at radius 1 is 1.39 bits per heavy atom. The Labute approximate surface area is 220 Å². The number of rotatable bonds is 6. The summed E-state index contributed by atoms with van der Waals surface area (Å²) in [4.78, 5) is 42.6. The molecule has 12 nitrogen and oxygen atoms in total. The Balaban J connectivity index is 0.00000306. The maximum absolute atomic E-state index is 12.7. The van der Waals surface area contributed by atoms with E-state index in [-0.39, 0.29) is 57.7 Å². The summed E-state index contributed by atoms with van der Waals surface area (Å²) >= 11 is 3.29. The van der Waals surface area contributed by atoms with Crippen molar-refractivity contribution in [2.24, 2.45) is 5.16 Å². The van der Waals surface area contributed by atoms with Crippen LogP contribution in [0, 0.1) is 0 Å². The number of carboxylic acids is 1. The van der Waals surface area contributed by atoms with E-state index in [2.05, 4.69) is 19.8 Å². The molecule has 2 aliphatic heterocycles. The molecule has 0 bridgehead atoms. The fourth-order valence-electron chi connectivity index (χ4n) is 3.12. The average Bonchev–Trinajstić information content (AvgIpc) is 3.38. The van der Waals surface area contributed by atoms with Gasteiger partial charge in [0.1, 0.15) is 22.8 Å². The number of aromatic nitrogens is 2. The first-order valence-corrected chi connectivity index (χ1v) is 11.5. The number of β-lactam (4-membered cyclic amide) rings is 1. The molecule has 0 unspecified atom stereocenters. The first-order chi connectivity index (χ1) is 15.3. The molecule has 0 saturated carbocycles. The Bertz CT molecular complexity index is 1210. The average molecular weight is 517 g/mol. The van der Waals surface area contributed by atoms with Gasteiger partial charge in [0.05, 0.1) is 0 Å². The zero-order chi connectivity index (χ0) is 23.0. The number of fused-ring (bicyclic) bond motifs is 1. The van der Waals surface area contributed by atoms with Crippen LogP contribution < -0.4 is 45.7 Å². The first kappa shape index (κ1) is 25.2. The number of allylic oxidation sites excluding steroid dienone is 1. The second kappa shape index (κ2) is 10.2. The molecule has 2 aliphatic rings. The zero-order valence-electron chi connectivity index (χ0n) is 16.8. The molecule has 2 atom stereocenters. The summed E-state index contributed by atoms with van der Waals surface area (Å²) in [5.74, 6) is -2.89. The monoisotopic (exact) mass is 516 g/mol. The minimum atomic E-state index is -1.29. The summed E-state index contributed by atoms with van der Waals surface area (Å²) in [7, 11) is 0. The van der Waals surface area contributed by atoms with Crippen LogP contribution in [-0.4, -0.2) is 65.2 Å². The number of hydrogen-bond acceptors (Lipinski definition) is 12. The van der Waals surface area contributed by atoms with E-state index in [1.807, 2.05) is 0 Å². The summed E-state index contributed by atoms with van der Waals surface area (Å²) in [6, 6.07) is 0.307. The Kier molecular flexibility index (Phi) is 7.81. The van der Waals surface area contributed by atoms with Gasteiger partial charge in [-0.25, -0.2) is 14.2 Å². The van der Waals surface area contributed by atoms with Gasteiger partial charge < -0.3 is 26.5 Å². The fraction of sp³-hybridized carbons (Fsp3) is 0.176. The van der Waals surface area contributed by atoms with Crippen molar-refractivity contribution in [1.82, 2.24) is 19.6 Å². The molecule has 4 heterocycles. The van der Waals surface area contributed by atoms with Gasteiger partial charge in [-0.3, -0.25) is 14.5 Å². The quantitative estimate of drug-likeness (QED) is 0.100. The third-order valence-electron chi connectivity index (χ3n) is 4.52. The molecule has 0 aliphatic carbocycles. The van der Waals surface area contributed by atoms with Crippen LogP contribution in [0.3, 0.4) is 0 Å². The van der Waals surface area contributed by atoms with E-state index >= 15 is 0 Å². The number of anilines is 1. The SMILES string of the molecule is Nc1nc(/C(=N/O)C(=O)N[C@@H]2C(=O)N3C(C(=O)O)=C(/C=C/c4cc([O-])ns4)CS[C@H]23)cs1.[Na+]. The van der Waals surface area contributed by atoms with Crippen LogP contribution in [0.25, 0.3) is 6.08 Å². The number of carbonyl (C=O) groups excluding carboxylic acids is 2. The summed E-state index contributed by atoms with van der Waals surface area (Å²) < 4.78 is 3.62. The van der Waals surface area contributed by atoms with E-state index < -0.39 is 34.9 Å². The summed E-state index contributed by atoms with van der Waals surface area (Å²) in [6.07, 6.45) is 3.09. The Hall–Kier alpha value is -2.43. The maximum atomic E-state index is 12.7. The minimum absolute atomic E-state index is 0. The fourth-order valence-corrected chi connectivity index (χ4v) is 5.52. The topological polar surface area (TPSA) is 194 Å². The van der Waals surface area contributed by atoms with E-state index in [9.17, 15) is 29.8 Å². The normalized spacial score (nSPS) is 20.3. The second-order valence-electron chi connectivity index (χ2n) is 6.46. The van der Waals surface area contributed by atoms with Gasteiger partial charge >= 0.3 is 35.5 Å². The molecule has 5 N–H and O–H groups in total. The van der Waals surface area contributed by atoms with Crippen molar-refractivity contribution in [3.05, 3.63) is 39.4 Å². The second-order valence-corrected chi connectivity index (χ2v) is 9.29. The zero-order valence-corrected chi connectivity index (χ0v) is 21.2. The van der Waals surface area contributed by atoms with Crippen molar-refractivity contribution in [3.63, 3.8) is 0 Å². The smallest absolute Gasteiger partial charge is 0.858 e. The van der Waals surface area contributed by atoms with Crippen LogP contribution in [0.15, 0.2) is 33.9 Å². The first-order valence-electron chi connectivity index (χ1n) is 8.77. The van der Waals surface area contributed by atoms with Crippen molar-refractivity contribution < 1.29 is 59.4 Å². The van der Waals surface area contributed by atoms with Crippen LogP contribution in [-0.2, 0) is 14.4 Å². The molecule has 0 radical (unpaired) electrons. The molecule has 166 valence electrons. The van der Waals surface area contributed by atoms with Crippen LogP contribution in [0.5, 0.6) is 5.88 Å². The number of hydrogen-bond donors (Lipinski definition) is 4. The van der Waals surface area contributed by atoms with E-state index in [4.69, 9.17) is 5.73 Å². The Morgan fingerprint density at radius 2 is 2.15 bits per heavy atom. The number of nitrogens with zero attached hydrogens (tertiary/aromatic N) is 4. The number of amides is 2. The van der Waals surface area contributed by atoms with Crippen molar-refractivity contribution in [2.75, 3.05) is 11.5 Å². The third kappa shape index (κ3) is 4.92. The van der Waals surface area contributed by atoms with Gasteiger partial charge in [-0.15, -0.1) is 23.1 Å². The van der Waals surface area contributed by atoms with E-state index in [1.54, 1.807) is 6.08 Å². The molecular weight excluding hydrogens is 503 g/mol. The predicted octanol–water partition coefficient (Wildman–Crippen LogP) is -3.11. The predicted molar refractivity (Wildman–Crippen MR) is 115 cm³/mol. The Morgan fingerprint density at radius 3 is 2.73 bits per heavy atom. The van der Waals surface area contributed by atoms with Crippen molar-refractivity contribution in [3.8, 4) is 5.88 Å². The molecular formula is C17H13N6NaO6S3. The number of nitrogens with two attached hydrogens (primary N) is 1. The van der Waals surface area contributed by atoms with Gasteiger partial charge in [0.15, 0.2) is 10.8 Å². The van der Waals surface area contributed by atoms with Gasteiger partial charge in [-0.1, -0.05) is 11.2 Å². The molecule has 0 aromatic carbocycles. The molecule has 16 heteroatoms. The van der Waals surface area contributed by atoms with Crippen molar-refractivity contribution >= 4 is 69.3 Å². The molecule has 1 fully saturated rings. The van der Waals surface area contributed by atoms with Crippen molar-refractivity contribution in [1.29, 1.82) is 0 Å². The number of aliphatic carboxylic acids is 1. The number of nitrogens with one attached hydrogen (secondary N) is 1. The number of carboxylic acid groups (broad SMARTS) is 1. The van der Waals surface area contributed by atoms with Gasteiger partial charge in [-0.05, 0) is 29.2 Å². The van der Waals surface area contributed by atoms with Gasteiger partial charge in [0.25, 0.3) is 11.8 Å². The van der Waals surface area contributed by atoms with Gasteiger partial charge in [0.2, 0.25) is 0 Å². The largest absolute Gasteiger partial charge is 1.00 e. The van der Waals surface area contributed by atoms with Crippen molar-refractivity contribution in [2.45, 2.75) is 11.4 Å². The number of oxime groups is 1. The molecule has 2 aromatic heterocycles. The molecule has 1 saturated heterocycles. The molecule has 2 aromatic rings. The van der Waals surface area contributed by atoms with E-state index in [1.165, 1.54) is 29.3 Å². The number of thiazole rings is 1. The minimum Gasteiger partial charge on any atom is -0.858 e.